The molecule has 0 saturated heterocycles. The predicted octanol–water partition coefficient (Wildman–Crippen LogP) is 3.59. The summed E-state index contributed by atoms with van der Waals surface area (Å²) < 4.78 is 15.5. The third kappa shape index (κ3) is 1.94. The molecule has 0 amide bonds. The Hall–Kier alpha value is -1.40. The molecule has 0 atom stereocenters. The van der Waals surface area contributed by atoms with E-state index in [1.54, 1.807) is 4.57 Å². The van der Waals surface area contributed by atoms with Crippen LogP contribution in [0.1, 0.15) is 29.2 Å². The van der Waals surface area contributed by atoms with Gasteiger partial charge in [0.05, 0.1) is 9.99 Å². The topological polar surface area (TPSA) is 59.3 Å². The molecule has 0 aliphatic heterocycles. The van der Waals surface area contributed by atoms with E-state index in [1.165, 1.54) is 12.3 Å². The Bertz CT molecular complexity index is 814. The highest BCUT2D eigenvalue weighted by Crippen LogP contribution is 2.40. The average Bonchev–Trinajstić information content (AvgIpc) is 3.21. The fraction of sp³-hybridized carbons (Fsp3) is 0.231. The zero-order chi connectivity index (χ0) is 14.6. The van der Waals surface area contributed by atoms with Gasteiger partial charge in [0.15, 0.2) is 5.82 Å². The van der Waals surface area contributed by atoms with Gasteiger partial charge >= 0.3 is 5.97 Å². The monoisotopic (exact) mass is 359 g/mol. The van der Waals surface area contributed by atoms with Crippen LogP contribution in [0.5, 0.6) is 0 Å². The highest BCUT2D eigenvalue weighted by molar-refractivity contribution is 9.10. The van der Waals surface area contributed by atoms with E-state index in [-0.39, 0.29) is 32.0 Å². The second kappa shape index (κ2) is 4.56. The largest absolute Gasteiger partial charge is 0.477 e. The van der Waals surface area contributed by atoms with Crippen LogP contribution in [0.4, 0.5) is 4.39 Å². The minimum atomic E-state index is -1.30. The predicted molar refractivity (Wildman–Crippen MR) is 76.1 cm³/mol. The third-order valence-corrected chi connectivity index (χ3v) is 4.24. The van der Waals surface area contributed by atoms with Crippen LogP contribution in [0.25, 0.3) is 10.9 Å². The first-order chi connectivity index (χ1) is 9.41. The molecule has 3 rings (SSSR count). The van der Waals surface area contributed by atoms with Gasteiger partial charge in [-0.2, -0.15) is 0 Å². The Kier molecular flexibility index (Phi) is 3.10. The molecule has 1 fully saturated rings. The standard InChI is InChI=1S/C13H8BrClFNO3/c14-8-3-6-11(9(15)10(8)16)17(5-1-2-5)4-7(12(6)18)13(19)20/h3-5H,1-2H2,(H,19,20). The number of nitrogens with zero attached hydrogens (tertiary/aromatic N) is 1. The summed E-state index contributed by atoms with van der Waals surface area (Å²) >= 11 is 8.99. The van der Waals surface area contributed by atoms with Gasteiger partial charge < -0.3 is 9.67 Å². The first-order valence-corrected chi connectivity index (χ1v) is 7.04. The van der Waals surface area contributed by atoms with E-state index in [1.807, 2.05) is 0 Å². The smallest absolute Gasteiger partial charge is 0.341 e. The van der Waals surface area contributed by atoms with Crippen molar-refractivity contribution in [1.82, 2.24) is 4.57 Å². The Balaban J connectivity index is 2.52. The molecule has 1 N–H and O–H groups in total. The van der Waals surface area contributed by atoms with Gasteiger partial charge in [-0.3, -0.25) is 4.79 Å². The summed E-state index contributed by atoms with van der Waals surface area (Å²) in [5, 5.41) is 9.05. The van der Waals surface area contributed by atoms with Gasteiger partial charge in [0.2, 0.25) is 5.43 Å². The summed E-state index contributed by atoms with van der Waals surface area (Å²) in [6.07, 6.45) is 2.96. The molecule has 0 bridgehead atoms. The number of rotatable bonds is 2. The van der Waals surface area contributed by atoms with Crippen LogP contribution < -0.4 is 5.43 Å². The fourth-order valence-corrected chi connectivity index (χ4v) is 3.05. The number of pyridine rings is 1. The van der Waals surface area contributed by atoms with Gasteiger partial charge in [-0.15, -0.1) is 0 Å². The van der Waals surface area contributed by atoms with E-state index in [2.05, 4.69) is 15.9 Å². The number of halogens is 3. The molecule has 2 aromatic rings. The molecule has 1 aromatic carbocycles. The lowest BCUT2D eigenvalue weighted by Gasteiger charge is -2.13. The molecule has 0 radical (unpaired) electrons. The minimum Gasteiger partial charge on any atom is -0.477 e. The van der Waals surface area contributed by atoms with Crippen LogP contribution in [-0.2, 0) is 0 Å². The lowest BCUT2D eigenvalue weighted by molar-refractivity contribution is 0.0695. The molecule has 1 aromatic heterocycles. The average molecular weight is 361 g/mol. The fourth-order valence-electron chi connectivity index (χ4n) is 2.21. The van der Waals surface area contributed by atoms with E-state index >= 15 is 0 Å². The lowest BCUT2D eigenvalue weighted by atomic mass is 10.1. The van der Waals surface area contributed by atoms with Gasteiger partial charge in [-0.25, -0.2) is 9.18 Å². The quantitative estimate of drug-likeness (QED) is 0.833. The van der Waals surface area contributed by atoms with Crippen LogP contribution in [-0.4, -0.2) is 15.6 Å². The minimum absolute atomic E-state index is 0.0389. The lowest BCUT2D eigenvalue weighted by Crippen LogP contribution is -2.19. The zero-order valence-electron chi connectivity index (χ0n) is 9.99. The number of hydrogen-bond acceptors (Lipinski definition) is 2. The number of carboxylic acids is 1. The highest BCUT2D eigenvalue weighted by Gasteiger charge is 2.28. The number of carbonyl (C=O) groups is 1. The maximum absolute atomic E-state index is 13.9. The summed E-state index contributed by atoms with van der Waals surface area (Å²) in [6.45, 7) is 0. The molecule has 0 spiro atoms. The maximum Gasteiger partial charge on any atom is 0.341 e. The van der Waals surface area contributed by atoms with E-state index in [4.69, 9.17) is 16.7 Å². The molecule has 20 heavy (non-hydrogen) atoms. The van der Waals surface area contributed by atoms with Crippen LogP contribution >= 0.6 is 27.5 Å². The van der Waals surface area contributed by atoms with Gasteiger partial charge in [-0.1, -0.05) is 11.6 Å². The van der Waals surface area contributed by atoms with Crippen molar-refractivity contribution in [3.8, 4) is 0 Å². The maximum atomic E-state index is 13.9. The second-order valence-corrected chi connectivity index (χ2v) is 5.93. The molecule has 104 valence electrons. The van der Waals surface area contributed by atoms with Crippen LogP contribution in [0.2, 0.25) is 5.02 Å². The van der Waals surface area contributed by atoms with Crippen LogP contribution in [0, 0.1) is 5.82 Å². The number of benzene rings is 1. The number of aromatic carboxylic acids is 1. The normalized spacial score (nSPS) is 14.8. The van der Waals surface area contributed by atoms with E-state index < -0.39 is 17.2 Å². The number of aromatic nitrogens is 1. The Morgan fingerprint density at radius 1 is 1.50 bits per heavy atom. The molecular weight excluding hydrogens is 353 g/mol. The third-order valence-electron chi connectivity index (χ3n) is 3.32. The van der Waals surface area contributed by atoms with E-state index in [0.29, 0.717) is 0 Å². The van der Waals surface area contributed by atoms with Crippen molar-refractivity contribution >= 4 is 44.4 Å². The summed E-state index contributed by atoms with van der Waals surface area (Å²) in [7, 11) is 0. The molecule has 1 saturated carbocycles. The highest BCUT2D eigenvalue weighted by atomic mass is 79.9. The summed E-state index contributed by atoms with van der Waals surface area (Å²) in [5.41, 5.74) is -0.740. The SMILES string of the molecule is O=C(O)c1cn(C2CC2)c2c(Cl)c(F)c(Br)cc2c1=O. The van der Waals surface area contributed by atoms with Crippen molar-refractivity contribution in [3.05, 3.63) is 43.4 Å². The summed E-state index contributed by atoms with van der Waals surface area (Å²) in [5.74, 6) is -1.96. The Morgan fingerprint density at radius 3 is 2.70 bits per heavy atom. The zero-order valence-corrected chi connectivity index (χ0v) is 12.3. The van der Waals surface area contributed by atoms with Gasteiger partial charge in [0.1, 0.15) is 10.6 Å². The van der Waals surface area contributed by atoms with Crippen molar-refractivity contribution in [1.29, 1.82) is 0 Å². The molecule has 4 nitrogen and oxygen atoms in total. The molecule has 1 aliphatic carbocycles. The van der Waals surface area contributed by atoms with E-state index in [0.717, 1.165) is 12.8 Å². The number of fused-ring (bicyclic) bond motifs is 1. The van der Waals surface area contributed by atoms with Crippen molar-refractivity contribution in [3.63, 3.8) is 0 Å². The first kappa shape index (κ1) is 13.6. The summed E-state index contributed by atoms with van der Waals surface area (Å²) in [4.78, 5) is 23.4. The summed E-state index contributed by atoms with van der Waals surface area (Å²) in [6, 6.07) is 1.35. The van der Waals surface area contributed by atoms with Crippen LogP contribution in [0.3, 0.4) is 0 Å². The number of hydrogen-bond donors (Lipinski definition) is 1. The van der Waals surface area contributed by atoms with E-state index in [9.17, 15) is 14.0 Å². The molecule has 7 heteroatoms. The first-order valence-electron chi connectivity index (χ1n) is 5.87. The van der Waals surface area contributed by atoms with Crippen molar-refractivity contribution in [2.75, 3.05) is 0 Å². The Labute approximate surface area is 125 Å². The van der Waals surface area contributed by atoms with Gasteiger partial charge in [-0.05, 0) is 34.8 Å². The van der Waals surface area contributed by atoms with Crippen LogP contribution in [0.15, 0.2) is 21.5 Å². The molecule has 1 aliphatic rings. The molecule has 1 heterocycles. The molecular formula is C13H8BrClFNO3. The number of carboxylic acid groups (broad SMARTS) is 1. The van der Waals surface area contributed by atoms with Crippen molar-refractivity contribution in [2.24, 2.45) is 0 Å². The molecule has 0 unspecified atom stereocenters. The van der Waals surface area contributed by atoms with Gasteiger partial charge in [0, 0.05) is 17.6 Å². The second-order valence-electron chi connectivity index (χ2n) is 4.70. The van der Waals surface area contributed by atoms with Crippen molar-refractivity contribution in [2.45, 2.75) is 18.9 Å². The van der Waals surface area contributed by atoms with Gasteiger partial charge in [0.25, 0.3) is 0 Å². The van der Waals surface area contributed by atoms with Crippen molar-refractivity contribution < 1.29 is 14.3 Å². The Morgan fingerprint density at radius 2 is 2.15 bits per heavy atom.